The Balaban J connectivity index is 2.42. The molecule has 0 radical (unpaired) electrons. The fourth-order valence-electron chi connectivity index (χ4n) is 1.47. The van der Waals surface area contributed by atoms with Gasteiger partial charge in [0.1, 0.15) is 0 Å². The summed E-state index contributed by atoms with van der Waals surface area (Å²) in [5.74, 6) is 1.18. The van der Waals surface area contributed by atoms with Crippen molar-refractivity contribution in [3.63, 3.8) is 0 Å². The quantitative estimate of drug-likeness (QED) is 0.734. The van der Waals surface area contributed by atoms with E-state index < -0.39 is 5.60 Å². The maximum absolute atomic E-state index is 10.1. The minimum absolute atomic E-state index is 0.317. The van der Waals surface area contributed by atoms with Crippen molar-refractivity contribution >= 4 is 11.8 Å². The van der Waals surface area contributed by atoms with E-state index in [0.29, 0.717) is 18.5 Å². The van der Waals surface area contributed by atoms with Crippen LogP contribution < -0.4 is 0 Å². The van der Waals surface area contributed by atoms with Crippen molar-refractivity contribution in [3.8, 4) is 0 Å². The van der Waals surface area contributed by atoms with Crippen LogP contribution in [0.5, 0.6) is 0 Å². The molecule has 72 valence electrons. The van der Waals surface area contributed by atoms with Gasteiger partial charge in [0.15, 0.2) is 0 Å². The predicted octanol–water partition coefficient (Wildman–Crippen LogP) is 1.67. The molecule has 1 heterocycles. The van der Waals surface area contributed by atoms with Crippen molar-refractivity contribution in [1.82, 2.24) is 0 Å². The second kappa shape index (κ2) is 4.49. The van der Waals surface area contributed by atoms with Crippen molar-refractivity contribution in [2.75, 3.05) is 19.0 Å². The van der Waals surface area contributed by atoms with E-state index in [1.165, 1.54) is 5.75 Å². The maximum atomic E-state index is 10.1. The summed E-state index contributed by atoms with van der Waals surface area (Å²) < 4.78 is 5.28. The van der Waals surface area contributed by atoms with Gasteiger partial charge in [-0.2, -0.15) is 11.8 Å². The molecule has 1 saturated heterocycles. The van der Waals surface area contributed by atoms with E-state index in [9.17, 15) is 5.11 Å². The van der Waals surface area contributed by atoms with Gasteiger partial charge in [-0.05, 0) is 25.5 Å². The largest absolute Gasteiger partial charge is 0.386 e. The Labute approximate surface area is 78.7 Å². The van der Waals surface area contributed by atoms with Crippen LogP contribution in [-0.4, -0.2) is 34.9 Å². The molecule has 1 N–H and O–H groups in total. The number of aliphatic hydroxyl groups is 1. The summed E-state index contributed by atoms with van der Waals surface area (Å²) in [5, 5.41) is 10.4. The summed E-state index contributed by atoms with van der Waals surface area (Å²) in [6.07, 6.45) is 2.00. The average molecular weight is 190 g/mol. The minimum atomic E-state index is -0.571. The predicted molar refractivity (Wildman–Crippen MR) is 52.6 cm³/mol. The van der Waals surface area contributed by atoms with Gasteiger partial charge in [-0.1, -0.05) is 6.92 Å². The van der Waals surface area contributed by atoms with Crippen LogP contribution in [0.25, 0.3) is 0 Å². The van der Waals surface area contributed by atoms with Crippen LogP contribution in [0.15, 0.2) is 0 Å². The fourth-order valence-corrected chi connectivity index (χ4v) is 2.63. The van der Waals surface area contributed by atoms with Gasteiger partial charge < -0.3 is 9.84 Å². The lowest BCUT2D eigenvalue weighted by Gasteiger charge is -2.37. The standard InChI is InChI=1S/C9H18O2S/c1-3-11-7-9(10)5-4-6-12-8(9)2/h8,10H,3-7H2,1-2H3. The van der Waals surface area contributed by atoms with Crippen molar-refractivity contribution in [3.05, 3.63) is 0 Å². The van der Waals surface area contributed by atoms with E-state index in [-0.39, 0.29) is 0 Å². The summed E-state index contributed by atoms with van der Waals surface area (Å²) in [5.41, 5.74) is -0.571. The molecule has 0 aromatic rings. The Bertz CT molecular complexity index is 140. The number of hydrogen-bond acceptors (Lipinski definition) is 3. The van der Waals surface area contributed by atoms with Crippen LogP contribution >= 0.6 is 11.8 Å². The summed E-state index contributed by atoms with van der Waals surface area (Å²) in [7, 11) is 0. The highest BCUT2D eigenvalue weighted by Crippen LogP contribution is 2.33. The summed E-state index contributed by atoms with van der Waals surface area (Å²) in [4.78, 5) is 0. The molecule has 12 heavy (non-hydrogen) atoms. The molecule has 1 rings (SSSR count). The molecule has 0 aliphatic carbocycles. The Hall–Kier alpha value is 0.270. The van der Waals surface area contributed by atoms with Crippen LogP contribution in [-0.2, 0) is 4.74 Å². The first-order valence-electron chi connectivity index (χ1n) is 4.61. The highest BCUT2D eigenvalue weighted by molar-refractivity contribution is 8.00. The van der Waals surface area contributed by atoms with Gasteiger partial charge in [0, 0.05) is 11.9 Å². The second-order valence-electron chi connectivity index (χ2n) is 3.36. The van der Waals surface area contributed by atoms with Crippen LogP contribution in [0.3, 0.4) is 0 Å². The van der Waals surface area contributed by atoms with E-state index in [1.807, 2.05) is 18.7 Å². The number of ether oxygens (including phenoxy) is 1. The molecular formula is C9H18O2S. The van der Waals surface area contributed by atoms with Crippen molar-refractivity contribution in [2.24, 2.45) is 0 Å². The molecule has 1 fully saturated rings. The smallest absolute Gasteiger partial charge is 0.0995 e. The SMILES string of the molecule is CCOCC1(O)CCCSC1C. The van der Waals surface area contributed by atoms with Crippen LogP contribution in [0.2, 0.25) is 0 Å². The van der Waals surface area contributed by atoms with Gasteiger partial charge in [-0.3, -0.25) is 0 Å². The lowest BCUT2D eigenvalue weighted by Crippen LogP contribution is -2.45. The average Bonchev–Trinajstić information content (AvgIpc) is 2.07. The molecule has 0 spiro atoms. The summed E-state index contributed by atoms with van der Waals surface area (Å²) in [6, 6.07) is 0. The second-order valence-corrected chi connectivity index (χ2v) is 4.81. The van der Waals surface area contributed by atoms with Crippen LogP contribution in [0.4, 0.5) is 0 Å². The van der Waals surface area contributed by atoms with Crippen molar-refractivity contribution < 1.29 is 9.84 Å². The van der Waals surface area contributed by atoms with Crippen molar-refractivity contribution in [1.29, 1.82) is 0 Å². The van der Waals surface area contributed by atoms with E-state index >= 15 is 0 Å². The molecule has 2 unspecified atom stereocenters. The number of hydrogen-bond donors (Lipinski definition) is 1. The Morgan fingerprint density at radius 3 is 3.00 bits per heavy atom. The first-order chi connectivity index (χ1) is 5.69. The molecule has 3 heteroatoms. The molecule has 1 aliphatic rings. The monoisotopic (exact) mass is 190 g/mol. The molecule has 0 saturated carbocycles. The third-order valence-corrected chi connectivity index (χ3v) is 3.90. The third-order valence-electron chi connectivity index (χ3n) is 2.43. The molecule has 0 amide bonds. The summed E-state index contributed by atoms with van der Waals surface area (Å²) >= 11 is 1.85. The van der Waals surface area contributed by atoms with Gasteiger partial charge in [0.25, 0.3) is 0 Å². The highest BCUT2D eigenvalue weighted by atomic mass is 32.2. The Morgan fingerprint density at radius 1 is 1.67 bits per heavy atom. The topological polar surface area (TPSA) is 29.5 Å². The molecule has 0 aromatic heterocycles. The maximum Gasteiger partial charge on any atom is 0.0995 e. The zero-order valence-electron chi connectivity index (χ0n) is 7.88. The highest BCUT2D eigenvalue weighted by Gasteiger charge is 2.36. The first-order valence-corrected chi connectivity index (χ1v) is 5.65. The normalized spacial score (nSPS) is 36.8. The van der Waals surface area contributed by atoms with Gasteiger partial charge in [-0.15, -0.1) is 0 Å². The third kappa shape index (κ3) is 2.38. The number of rotatable bonds is 3. The van der Waals surface area contributed by atoms with Gasteiger partial charge in [0.2, 0.25) is 0 Å². The molecule has 0 bridgehead atoms. The molecule has 2 atom stereocenters. The van der Waals surface area contributed by atoms with E-state index in [1.54, 1.807) is 0 Å². The molecule has 2 nitrogen and oxygen atoms in total. The van der Waals surface area contributed by atoms with Gasteiger partial charge in [-0.25, -0.2) is 0 Å². The van der Waals surface area contributed by atoms with E-state index in [2.05, 4.69) is 6.92 Å². The van der Waals surface area contributed by atoms with Gasteiger partial charge >= 0.3 is 0 Å². The van der Waals surface area contributed by atoms with Gasteiger partial charge in [0.05, 0.1) is 12.2 Å². The van der Waals surface area contributed by atoms with Crippen LogP contribution in [0, 0.1) is 0 Å². The molecular weight excluding hydrogens is 172 g/mol. The van der Waals surface area contributed by atoms with Crippen molar-refractivity contribution in [2.45, 2.75) is 37.5 Å². The molecule has 0 aromatic carbocycles. The zero-order valence-corrected chi connectivity index (χ0v) is 8.69. The van der Waals surface area contributed by atoms with E-state index in [0.717, 1.165) is 12.8 Å². The van der Waals surface area contributed by atoms with E-state index in [4.69, 9.17) is 4.74 Å². The zero-order chi connectivity index (χ0) is 9.03. The first kappa shape index (κ1) is 10.4. The fraction of sp³-hybridized carbons (Fsp3) is 1.00. The lowest BCUT2D eigenvalue weighted by atomic mass is 9.95. The Kier molecular flexibility index (Phi) is 3.87. The van der Waals surface area contributed by atoms with Crippen LogP contribution in [0.1, 0.15) is 26.7 Å². The summed E-state index contributed by atoms with van der Waals surface area (Å²) in [6.45, 7) is 5.24. The lowest BCUT2D eigenvalue weighted by molar-refractivity contribution is -0.0494. The minimum Gasteiger partial charge on any atom is -0.386 e. The molecule has 1 aliphatic heterocycles. The Morgan fingerprint density at radius 2 is 2.42 bits per heavy atom. The number of thioether (sulfide) groups is 1.